The number of anilines is 2. The van der Waals surface area contributed by atoms with E-state index in [-0.39, 0.29) is 5.02 Å². The lowest BCUT2D eigenvalue weighted by atomic mass is 10.1. The van der Waals surface area contributed by atoms with Crippen LogP contribution in [-0.2, 0) is 13.0 Å². The maximum absolute atomic E-state index is 13.1. The predicted molar refractivity (Wildman–Crippen MR) is 79.2 cm³/mol. The number of benzene rings is 1. The van der Waals surface area contributed by atoms with E-state index in [9.17, 15) is 4.39 Å². The van der Waals surface area contributed by atoms with Crippen molar-refractivity contribution in [2.75, 3.05) is 11.1 Å². The van der Waals surface area contributed by atoms with Gasteiger partial charge in [0.2, 0.25) is 0 Å². The van der Waals surface area contributed by atoms with Gasteiger partial charge in [0.15, 0.2) is 0 Å². The van der Waals surface area contributed by atoms with Crippen LogP contribution in [0.2, 0.25) is 5.02 Å². The summed E-state index contributed by atoms with van der Waals surface area (Å²) in [6.45, 7) is 2.56. The van der Waals surface area contributed by atoms with E-state index in [1.165, 1.54) is 12.4 Å². The zero-order valence-corrected chi connectivity index (χ0v) is 11.9. The van der Waals surface area contributed by atoms with Crippen molar-refractivity contribution in [1.82, 2.24) is 9.97 Å². The first-order valence-electron chi connectivity index (χ1n) is 6.39. The smallest absolute Gasteiger partial charge is 0.141 e. The minimum absolute atomic E-state index is 0.111. The standard InChI is InChI=1S/C14H16ClFN4/c1-2-3-10-13(17)19-8-20-14(10)18-7-9-4-5-12(16)11(15)6-9/h4-6,8H,2-3,7H2,1H3,(H3,17,18,19,20). The summed E-state index contributed by atoms with van der Waals surface area (Å²) in [4.78, 5) is 8.20. The van der Waals surface area contributed by atoms with Crippen LogP contribution in [0.25, 0.3) is 0 Å². The Morgan fingerprint density at radius 1 is 1.35 bits per heavy atom. The van der Waals surface area contributed by atoms with Crippen LogP contribution in [0, 0.1) is 5.82 Å². The molecule has 0 saturated carbocycles. The van der Waals surface area contributed by atoms with Gasteiger partial charge in [0.1, 0.15) is 23.8 Å². The van der Waals surface area contributed by atoms with Gasteiger partial charge in [-0.05, 0) is 24.1 Å². The van der Waals surface area contributed by atoms with Gasteiger partial charge >= 0.3 is 0 Å². The molecule has 0 aliphatic heterocycles. The highest BCUT2D eigenvalue weighted by Gasteiger charge is 2.08. The highest BCUT2D eigenvalue weighted by molar-refractivity contribution is 6.30. The summed E-state index contributed by atoms with van der Waals surface area (Å²) in [6.07, 6.45) is 3.18. The summed E-state index contributed by atoms with van der Waals surface area (Å²) in [6, 6.07) is 4.62. The highest BCUT2D eigenvalue weighted by Crippen LogP contribution is 2.21. The Balaban J connectivity index is 2.14. The molecule has 0 aliphatic carbocycles. The van der Waals surface area contributed by atoms with Crippen molar-refractivity contribution in [3.05, 3.63) is 46.5 Å². The summed E-state index contributed by atoms with van der Waals surface area (Å²) in [5.41, 5.74) is 7.64. The topological polar surface area (TPSA) is 63.8 Å². The lowest BCUT2D eigenvalue weighted by Crippen LogP contribution is -2.08. The van der Waals surface area contributed by atoms with Crippen LogP contribution in [0.15, 0.2) is 24.5 Å². The third-order valence-electron chi connectivity index (χ3n) is 2.92. The molecule has 1 aromatic carbocycles. The Labute approximate surface area is 122 Å². The molecule has 0 bridgehead atoms. The molecule has 0 saturated heterocycles. The minimum atomic E-state index is -0.423. The van der Waals surface area contributed by atoms with Crippen LogP contribution in [0.4, 0.5) is 16.0 Å². The van der Waals surface area contributed by atoms with Crippen molar-refractivity contribution in [2.24, 2.45) is 0 Å². The van der Waals surface area contributed by atoms with Gasteiger partial charge in [-0.3, -0.25) is 0 Å². The van der Waals surface area contributed by atoms with Gasteiger partial charge < -0.3 is 11.1 Å². The fourth-order valence-corrected chi connectivity index (χ4v) is 2.11. The first kappa shape index (κ1) is 14.5. The number of hydrogen-bond acceptors (Lipinski definition) is 4. The van der Waals surface area contributed by atoms with Crippen LogP contribution in [-0.4, -0.2) is 9.97 Å². The van der Waals surface area contributed by atoms with Crippen molar-refractivity contribution in [3.8, 4) is 0 Å². The van der Waals surface area contributed by atoms with Crippen molar-refractivity contribution < 1.29 is 4.39 Å². The molecular weight excluding hydrogens is 279 g/mol. The molecule has 2 aromatic rings. The molecule has 0 aliphatic rings. The summed E-state index contributed by atoms with van der Waals surface area (Å²) >= 11 is 5.75. The average Bonchev–Trinajstić information content (AvgIpc) is 2.43. The number of nitrogens with zero attached hydrogens (tertiary/aromatic N) is 2. The van der Waals surface area contributed by atoms with Gasteiger partial charge in [-0.2, -0.15) is 0 Å². The molecule has 2 rings (SSSR count). The lowest BCUT2D eigenvalue weighted by molar-refractivity contribution is 0.627. The highest BCUT2D eigenvalue weighted by atomic mass is 35.5. The van der Waals surface area contributed by atoms with E-state index in [1.54, 1.807) is 12.1 Å². The van der Waals surface area contributed by atoms with Crippen molar-refractivity contribution in [2.45, 2.75) is 26.3 Å². The lowest BCUT2D eigenvalue weighted by Gasteiger charge is -2.12. The Bertz CT molecular complexity index is 604. The summed E-state index contributed by atoms with van der Waals surface area (Å²) in [5, 5.41) is 3.30. The Morgan fingerprint density at radius 2 is 2.15 bits per heavy atom. The van der Waals surface area contributed by atoms with Crippen LogP contribution >= 0.6 is 11.6 Å². The minimum Gasteiger partial charge on any atom is -0.383 e. The molecule has 0 atom stereocenters. The van der Waals surface area contributed by atoms with Crippen molar-refractivity contribution >= 4 is 23.2 Å². The van der Waals surface area contributed by atoms with Crippen LogP contribution in [0.3, 0.4) is 0 Å². The molecule has 0 unspecified atom stereocenters. The second-order valence-corrected chi connectivity index (χ2v) is 4.85. The van der Waals surface area contributed by atoms with E-state index in [1.807, 2.05) is 0 Å². The number of nitrogen functional groups attached to an aromatic ring is 1. The monoisotopic (exact) mass is 294 g/mol. The van der Waals surface area contributed by atoms with Crippen molar-refractivity contribution in [3.63, 3.8) is 0 Å². The van der Waals surface area contributed by atoms with E-state index < -0.39 is 5.82 Å². The number of hydrogen-bond donors (Lipinski definition) is 2. The fourth-order valence-electron chi connectivity index (χ4n) is 1.91. The molecule has 106 valence electrons. The zero-order valence-electron chi connectivity index (χ0n) is 11.2. The molecule has 0 fully saturated rings. The maximum atomic E-state index is 13.1. The summed E-state index contributed by atoms with van der Waals surface area (Å²) in [5.74, 6) is 0.773. The molecule has 4 nitrogen and oxygen atoms in total. The number of rotatable bonds is 5. The zero-order chi connectivity index (χ0) is 14.5. The number of nitrogens with one attached hydrogen (secondary N) is 1. The van der Waals surface area contributed by atoms with Gasteiger partial charge in [-0.25, -0.2) is 14.4 Å². The first-order chi connectivity index (χ1) is 9.61. The van der Waals surface area contributed by atoms with Crippen LogP contribution in [0.5, 0.6) is 0 Å². The van der Waals surface area contributed by atoms with Gasteiger partial charge in [-0.15, -0.1) is 0 Å². The largest absolute Gasteiger partial charge is 0.383 e. The van der Waals surface area contributed by atoms with E-state index in [4.69, 9.17) is 17.3 Å². The molecule has 0 spiro atoms. The molecule has 1 aromatic heterocycles. The Kier molecular flexibility index (Phi) is 4.74. The molecule has 20 heavy (non-hydrogen) atoms. The van der Waals surface area contributed by atoms with Gasteiger partial charge in [0.25, 0.3) is 0 Å². The predicted octanol–water partition coefficient (Wildman–Crippen LogP) is 3.42. The van der Waals surface area contributed by atoms with E-state index >= 15 is 0 Å². The molecule has 0 radical (unpaired) electrons. The second-order valence-electron chi connectivity index (χ2n) is 4.44. The number of aromatic nitrogens is 2. The van der Waals surface area contributed by atoms with E-state index in [0.29, 0.717) is 18.2 Å². The SMILES string of the molecule is CCCc1c(N)ncnc1NCc1ccc(F)c(Cl)c1. The number of halogens is 2. The molecule has 1 heterocycles. The summed E-state index contributed by atoms with van der Waals surface area (Å²) < 4.78 is 13.1. The second kappa shape index (κ2) is 6.52. The van der Waals surface area contributed by atoms with E-state index in [0.717, 1.165) is 24.0 Å². The van der Waals surface area contributed by atoms with E-state index in [2.05, 4.69) is 22.2 Å². The Morgan fingerprint density at radius 3 is 2.85 bits per heavy atom. The van der Waals surface area contributed by atoms with Crippen LogP contribution < -0.4 is 11.1 Å². The van der Waals surface area contributed by atoms with Gasteiger partial charge in [0.05, 0.1) is 5.02 Å². The molecular formula is C14H16ClFN4. The Hall–Kier alpha value is -1.88. The quantitative estimate of drug-likeness (QED) is 0.887. The molecule has 3 N–H and O–H groups in total. The summed E-state index contributed by atoms with van der Waals surface area (Å²) in [7, 11) is 0. The van der Waals surface area contributed by atoms with Gasteiger partial charge in [-0.1, -0.05) is 31.0 Å². The third kappa shape index (κ3) is 3.36. The molecule has 0 amide bonds. The van der Waals surface area contributed by atoms with Crippen LogP contribution in [0.1, 0.15) is 24.5 Å². The maximum Gasteiger partial charge on any atom is 0.141 e. The fraction of sp³-hybridized carbons (Fsp3) is 0.286. The normalized spacial score (nSPS) is 10.6. The first-order valence-corrected chi connectivity index (χ1v) is 6.76. The number of nitrogens with two attached hydrogens (primary N) is 1. The molecule has 6 heteroatoms. The average molecular weight is 295 g/mol. The third-order valence-corrected chi connectivity index (χ3v) is 3.21. The van der Waals surface area contributed by atoms with Crippen molar-refractivity contribution in [1.29, 1.82) is 0 Å². The van der Waals surface area contributed by atoms with Gasteiger partial charge in [0, 0.05) is 12.1 Å².